The number of anilines is 1. The zero-order valence-electron chi connectivity index (χ0n) is 11.1. The number of fused-ring (bicyclic) bond motifs is 1. The summed E-state index contributed by atoms with van der Waals surface area (Å²) in [5, 5.41) is 12.8. The molecule has 0 fully saturated rings. The fourth-order valence-corrected chi connectivity index (χ4v) is 3.14. The predicted octanol–water partition coefficient (Wildman–Crippen LogP) is 3.49. The van der Waals surface area contributed by atoms with Crippen LogP contribution in [0.5, 0.6) is 0 Å². The monoisotopic (exact) mass is 300 g/mol. The van der Waals surface area contributed by atoms with Crippen LogP contribution >= 0.6 is 11.3 Å². The fraction of sp³-hybridized carbons (Fsp3) is 0.0667. The van der Waals surface area contributed by atoms with Crippen LogP contribution in [0.25, 0.3) is 10.1 Å². The molecule has 0 saturated heterocycles. The summed E-state index contributed by atoms with van der Waals surface area (Å²) in [7, 11) is 0. The van der Waals surface area contributed by atoms with Crippen molar-refractivity contribution >= 4 is 39.0 Å². The van der Waals surface area contributed by atoms with Crippen LogP contribution in [-0.2, 0) is 0 Å². The van der Waals surface area contributed by atoms with Gasteiger partial charge in [0.25, 0.3) is 5.91 Å². The van der Waals surface area contributed by atoms with Crippen LogP contribution in [0.3, 0.4) is 0 Å². The highest BCUT2D eigenvalue weighted by atomic mass is 32.1. The first kappa shape index (κ1) is 13.4. The Morgan fingerprint density at radius 1 is 1.29 bits per heavy atom. The average molecular weight is 300 g/mol. The molecule has 6 heteroatoms. The van der Waals surface area contributed by atoms with Crippen molar-refractivity contribution in [3.8, 4) is 0 Å². The van der Waals surface area contributed by atoms with Gasteiger partial charge in [0.1, 0.15) is 5.56 Å². The van der Waals surface area contributed by atoms with E-state index < -0.39 is 5.97 Å². The molecule has 0 bridgehead atoms. The summed E-state index contributed by atoms with van der Waals surface area (Å²) in [6.45, 7) is 1.65. The lowest BCUT2D eigenvalue weighted by Crippen LogP contribution is -2.12. The number of thiophene rings is 1. The summed E-state index contributed by atoms with van der Waals surface area (Å²) in [5.41, 5.74) is 0.876. The molecule has 2 heterocycles. The molecule has 21 heavy (non-hydrogen) atoms. The molecule has 0 spiro atoms. The van der Waals surface area contributed by atoms with Crippen molar-refractivity contribution in [3.05, 3.63) is 52.7 Å². The van der Waals surface area contributed by atoms with Gasteiger partial charge in [0.05, 0.1) is 10.6 Å². The van der Waals surface area contributed by atoms with Gasteiger partial charge in [-0.2, -0.15) is 0 Å². The minimum atomic E-state index is -1.07. The molecule has 106 valence electrons. The molecule has 1 amide bonds. The van der Waals surface area contributed by atoms with Crippen molar-refractivity contribution in [3.63, 3.8) is 0 Å². The molecule has 0 aliphatic rings. The first-order chi connectivity index (χ1) is 10.1. The van der Waals surface area contributed by atoms with E-state index in [1.165, 1.54) is 17.5 Å². The molecule has 0 aliphatic heterocycles. The number of hydrogen-bond acceptors (Lipinski definition) is 3. The number of aromatic carboxylic acids is 1. The van der Waals surface area contributed by atoms with Gasteiger partial charge in [-0.15, -0.1) is 11.3 Å². The number of carbonyl (C=O) groups is 2. The highest BCUT2D eigenvalue weighted by Crippen LogP contribution is 2.27. The molecule has 0 aliphatic carbocycles. The number of carboxylic acids is 1. The molecule has 0 atom stereocenters. The van der Waals surface area contributed by atoms with Crippen molar-refractivity contribution < 1.29 is 14.7 Å². The van der Waals surface area contributed by atoms with E-state index in [2.05, 4.69) is 10.3 Å². The van der Waals surface area contributed by atoms with Gasteiger partial charge in [0, 0.05) is 16.6 Å². The minimum Gasteiger partial charge on any atom is -0.478 e. The number of H-pyrrole nitrogens is 1. The number of amides is 1. The minimum absolute atomic E-state index is 0.0875. The maximum absolute atomic E-state index is 12.3. The molecule has 3 N–H and O–H groups in total. The lowest BCUT2D eigenvalue weighted by molar-refractivity contribution is 0.0697. The normalized spacial score (nSPS) is 10.7. The number of rotatable bonds is 3. The van der Waals surface area contributed by atoms with Gasteiger partial charge in [-0.25, -0.2) is 4.79 Å². The van der Waals surface area contributed by atoms with E-state index in [9.17, 15) is 9.59 Å². The van der Waals surface area contributed by atoms with Crippen LogP contribution in [0, 0.1) is 6.92 Å². The second kappa shape index (κ2) is 5.06. The van der Waals surface area contributed by atoms with Crippen LogP contribution in [0.1, 0.15) is 25.7 Å². The molecule has 0 radical (unpaired) electrons. The Morgan fingerprint density at radius 2 is 2.05 bits per heavy atom. The Hall–Kier alpha value is -2.60. The van der Waals surface area contributed by atoms with Crippen LogP contribution in [0.2, 0.25) is 0 Å². The third-order valence-corrected chi connectivity index (χ3v) is 4.30. The summed E-state index contributed by atoms with van der Waals surface area (Å²) in [6.07, 6.45) is 1.49. The van der Waals surface area contributed by atoms with Gasteiger partial charge in [-0.05, 0) is 24.4 Å². The number of carboxylic acid groups (broad SMARTS) is 1. The van der Waals surface area contributed by atoms with Crippen molar-refractivity contribution in [2.45, 2.75) is 6.92 Å². The quantitative estimate of drug-likeness (QED) is 0.692. The van der Waals surface area contributed by atoms with Crippen LogP contribution in [-0.4, -0.2) is 22.0 Å². The van der Waals surface area contributed by atoms with E-state index in [0.29, 0.717) is 10.6 Å². The Kier molecular flexibility index (Phi) is 3.23. The molecule has 5 nitrogen and oxygen atoms in total. The second-order valence-corrected chi connectivity index (χ2v) is 5.69. The number of aromatic amines is 1. The highest BCUT2D eigenvalue weighted by molar-refractivity contribution is 7.20. The molecular formula is C15H12N2O3S. The van der Waals surface area contributed by atoms with Crippen LogP contribution in [0.15, 0.2) is 36.5 Å². The number of nitrogens with one attached hydrogen (secondary N) is 2. The van der Waals surface area contributed by atoms with Crippen LogP contribution < -0.4 is 5.32 Å². The Bertz CT molecular complexity index is 815. The van der Waals surface area contributed by atoms with Gasteiger partial charge < -0.3 is 15.4 Å². The predicted molar refractivity (Wildman–Crippen MR) is 82.3 cm³/mol. The standard InChI is InChI=1S/C15H12N2O3S/c1-8-13(15(19)20)10(7-16-8)17-14(18)12-6-9-4-2-3-5-11(9)21-12/h2-7,16H,1H3,(H,17,18)(H,19,20). The maximum Gasteiger partial charge on any atom is 0.339 e. The Labute approximate surface area is 124 Å². The second-order valence-electron chi connectivity index (χ2n) is 4.61. The van der Waals surface area contributed by atoms with Gasteiger partial charge in [-0.3, -0.25) is 4.79 Å². The van der Waals surface area contributed by atoms with Crippen LogP contribution in [0.4, 0.5) is 5.69 Å². The van der Waals surface area contributed by atoms with Crippen molar-refractivity contribution in [2.24, 2.45) is 0 Å². The number of hydrogen-bond donors (Lipinski definition) is 3. The molecular weight excluding hydrogens is 288 g/mol. The molecule has 3 aromatic rings. The number of aryl methyl sites for hydroxylation is 1. The molecule has 0 unspecified atom stereocenters. The molecule has 3 rings (SSSR count). The summed E-state index contributed by atoms with van der Waals surface area (Å²) < 4.78 is 1.02. The summed E-state index contributed by atoms with van der Waals surface area (Å²) in [6, 6.07) is 9.51. The molecule has 1 aromatic carbocycles. The van der Waals surface area contributed by atoms with E-state index in [4.69, 9.17) is 5.11 Å². The zero-order chi connectivity index (χ0) is 15.0. The molecule has 2 aromatic heterocycles. The lowest BCUT2D eigenvalue weighted by Gasteiger charge is -2.02. The van der Waals surface area contributed by atoms with E-state index in [1.54, 1.807) is 13.0 Å². The van der Waals surface area contributed by atoms with E-state index in [-0.39, 0.29) is 17.2 Å². The topological polar surface area (TPSA) is 82.2 Å². The van der Waals surface area contributed by atoms with E-state index in [0.717, 1.165) is 10.1 Å². The first-order valence-electron chi connectivity index (χ1n) is 6.27. The van der Waals surface area contributed by atoms with E-state index >= 15 is 0 Å². The summed E-state index contributed by atoms with van der Waals surface area (Å²) >= 11 is 1.38. The van der Waals surface area contributed by atoms with Crippen molar-refractivity contribution in [2.75, 3.05) is 5.32 Å². The smallest absolute Gasteiger partial charge is 0.339 e. The van der Waals surface area contributed by atoms with Gasteiger partial charge in [0.2, 0.25) is 0 Å². The lowest BCUT2D eigenvalue weighted by atomic mass is 10.2. The van der Waals surface area contributed by atoms with Crippen molar-refractivity contribution in [1.82, 2.24) is 4.98 Å². The van der Waals surface area contributed by atoms with E-state index in [1.807, 2.05) is 24.3 Å². The number of benzene rings is 1. The third-order valence-electron chi connectivity index (χ3n) is 3.19. The average Bonchev–Trinajstić information content (AvgIpc) is 3.02. The van der Waals surface area contributed by atoms with Gasteiger partial charge >= 0.3 is 5.97 Å². The zero-order valence-corrected chi connectivity index (χ0v) is 12.0. The Balaban J connectivity index is 1.91. The number of carbonyl (C=O) groups excluding carboxylic acids is 1. The number of aromatic nitrogens is 1. The Morgan fingerprint density at radius 3 is 2.76 bits per heavy atom. The third kappa shape index (κ3) is 2.41. The fourth-order valence-electron chi connectivity index (χ4n) is 2.18. The summed E-state index contributed by atoms with van der Waals surface area (Å²) in [4.78, 5) is 26.8. The van der Waals surface area contributed by atoms with Crippen molar-refractivity contribution in [1.29, 1.82) is 0 Å². The summed E-state index contributed by atoms with van der Waals surface area (Å²) in [5.74, 6) is -1.38. The SMILES string of the molecule is Cc1[nH]cc(NC(=O)c2cc3ccccc3s2)c1C(=O)O. The molecule has 0 saturated carbocycles. The largest absolute Gasteiger partial charge is 0.478 e. The van der Waals surface area contributed by atoms with Gasteiger partial charge in [0.15, 0.2) is 0 Å². The highest BCUT2D eigenvalue weighted by Gasteiger charge is 2.18. The van der Waals surface area contributed by atoms with Gasteiger partial charge in [-0.1, -0.05) is 18.2 Å². The first-order valence-corrected chi connectivity index (χ1v) is 7.09. The maximum atomic E-state index is 12.3.